The SMILES string of the molecule is CN1CC(O)CC2(CCN(C(=O)Cc3noc4ccccc34)CC2)C1=O. The Morgan fingerprint density at radius 3 is 2.85 bits per heavy atom. The Hall–Kier alpha value is -2.41. The van der Waals surface area contributed by atoms with Gasteiger partial charge < -0.3 is 19.4 Å². The van der Waals surface area contributed by atoms with E-state index in [9.17, 15) is 14.7 Å². The molecule has 3 heterocycles. The maximum Gasteiger partial charge on any atom is 0.228 e. The number of hydrogen-bond acceptors (Lipinski definition) is 5. The molecule has 0 saturated carbocycles. The largest absolute Gasteiger partial charge is 0.391 e. The van der Waals surface area contributed by atoms with Gasteiger partial charge in [-0.2, -0.15) is 0 Å². The summed E-state index contributed by atoms with van der Waals surface area (Å²) < 4.78 is 5.27. The lowest BCUT2D eigenvalue weighted by atomic mass is 9.71. The van der Waals surface area contributed by atoms with Crippen LogP contribution in [0.4, 0.5) is 0 Å². The molecule has 0 aliphatic carbocycles. The van der Waals surface area contributed by atoms with Crippen LogP contribution in [0.1, 0.15) is 25.0 Å². The van der Waals surface area contributed by atoms with Crippen LogP contribution >= 0.6 is 0 Å². The molecule has 1 spiro atoms. The molecule has 1 aromatic carbocycles. The Balaban J connectivity index is 1.43. The zero-order chi connectivity index (χ0) is 18.3. The van der Waals surface area contributed by atoms with E-state index in [0.29, 0.717) is 50.2 Å². The van der Waals surface area contributed by atoms with Crippen LogP contribution in [-0.2, 0) is 16.0 Å². The van der Waals surface area contributed by atoms with E-state index in [2.05, 4.69) is 5.16 Å². The van der Waals surface area contributed by atoms with Gasteiger partial charge in [0.2, 0.25) is 11.8 Å². The molecule has 7 heteroatoms. The van der Waals surface area contributed by atoms with E-state index >= 15 is 0 Å². The molecular formula is C19H23N3O4. The molecule has 138 valence electrons. The van der Waals surface area contributed by atoms with E-state index in [0.717, 1.165) is 5.39 Å². The summed E-state index contributed by atoms with van der Waals surface area (Å²) in [6, 6.07) is 7.50. The molecule has 0 radical (unpaired) electrons. The highest BCUT2D eigenvalue weighted by Crippen LogP contribution is 2.40. The van der Waals surface area contributed by atoms with Gasteiger partial charge in [-0.1, -0.05) is 17.3 Å². The lowest BCUT2D eigenvalue weighted by Gasteiger charge is -2.46. The van der Waals surface area contributed by atoms with Gasteiger partial charge in [-0.15, -0.1) is 0 Å². The van der Waals surface area contributed by atoms with Gasteiger partial charge in [0.05, 0.1) is 17.9 Å². The van der Waals surface area contributed by atoms with E-state index < -0.39 is 11.5 Å². The van der Waals surface area contributed by atoms with Crippen LogP contribution in [0, 0.1) is 5.41 Å². The Kier molecular flexibility index (Phi) is 4.19. The number of β-amino-alcohol motifs (C(OH)–C–C–N with tert-alkyl or cyclic N) is 1. The van der Waals surface area contributed by atoms with Gasteiger partial charge >= 0.3 is 0 Å². The predicted molar refractivity (Wildman–Crippen MR) is 94.2 cm³/mol. The lowest BCUT2D eigenvalue weighted by Crippen LogP contribution is -2.57. The van der Waals surface area contributed by atoms with Gasteiger partial charge in [-0.25, -0.2) is 0 Å². The van der Waals surface area contributed by atoms with Gasteiger partial charge in [-0.3, -0.25) is 9.59 Å². The number of likely N-dealkylation sites (N-methyl/N-ethyl adjacent to an activating group) is 1. The first-order chi connectivity index (χ1) is 12.5. The first-order valence-corrected chi connectivity index (χ1v) is 9.03. The van der Waals surface area contributed by atoms with E-state index in [1.165, 1.54) is 0 Å². The standard InChI is InChI=1S/C19H23N3O4/c1-21-12-13(23)11-19(18(21)25)6-8-22(9-7-19)17(24)10-15-14-4-2-3-5-16(14)26-20-15/h2-5,13,23H,6-12H2,1H3. The number of likely N-dealkylation sites (tertiary alicyclic amines) is 2. The monoisotopic (exact) mass is 357 g/mol. The van der Waals surface area contributed by atoms with Crippen LogP contribution < -0.4 is 0 Å². The van der Waals surface area contributed by atoms with E-state index in [1.807, 2.05) is 24.3 Å². The molecule has 2 aliphatic heterocycles. The Bertz CT molecular complexity index is 838. The summed E-state index contributed by atoms with van der Waals surface area (Å²) in [5.74, 6) is 0.0912. The fourth-order valence-corrected chi connectivity index (χ4v) is 4.33. The van der Waals surface area contributed by atoms with Crippen LogP contribution in [0.25, 0.3) is 11.0 Å². The average Bonchev–Trinajstić information content (AvgIpc) is 3.03. The highest BCUT2D eigenvalue weighted by Gasteiger charge is 2.47. The summed E-state index contributed by atoms with van der Waals surface area (Å²) in [5.41, 5.74) is 0.802. The Morgan fingerprint density at radius 2 is 2.08 bits per heavy atom. The quantitative estimate of drug-likeness (QED) is 0.873. The maximum absolute atomic E-state index is 12.7. The van der Waals surface area contributed by atoms with Crippen molar-refractivity contribution in [2.45, 2.75) is 31.8 Å². The normalized spacial score (nSPS) is 23.0. The van der Waals surface area contributed by atoms with Gasteiger partial charge in [0.25, 0.3) is 0 Å². The highest BCUT2D eigenvalue weighted by molar-refractivity contribution is 5.87. The second-order valence-corrected chi connectivity index (χ2v) is 7.51. The van der Waals surface area contributed by atoms with Crippen molar-refractivity contribution in [1.29, 1.82) is 0 Å². The van der Waals surface area contributed by atoms with Crippen molar-refractivity contribution >= 4 is 22.8 Å². The van der Waals surface area contributed by atoms with Crippen molar-refractivity contribution in [2.24, 2.45) is 5.41 Å². The molecule has 2 saturated heterocycles. The van der Waals surface area contributed by atoms with Crippen molar-refractivity contribution in [3.8, 4) is 0 Å². The number of benzene rings is 1. The third kappa shape index (κ3) is 2.86. The third-order valence-electron chi connectivity index (χ3n) is 5.76. The Morgan fingerprint density at radius 1 is 1.35 bits per heavy atom. The van der Waals surface area contributed by atoms with Gasteiger partial charge in [0.1, 0.15) is 5.69 Å². The molecule has 26 heavy (non-hydrogen) atoms. The van der Waals surface area contributed by atoms with Crippen LogP contribution in [0.15, 0.2) is 28.8 Å². The summed E-state index contributed by atoms with van der Waals surface area (Å²) in [6.45, 7) is 1.45. The first kappa shape index (κ1) is 17.0. The Labute approximate surface area is 151 Å². The van der Waals surface area contributed by atoms with Gasteiger partial charge in [0.15, 0.2) is 5.58 Å². The number of nitrogens with zero attached hydrogens (tertiary/aromatic N) is 3. The molecule has 4 rings (SSSR count). The molecule has 2 fully saturated rings. The minimum atomic E-state index is -0.524. The summed E-state index contributed by atoms with van der Waals surface area (Å²) in [7, 11) is 1.74. The minimum Gasteiger partial charge on any atom is -0.391 e. The third-order valence-corrected chi connectivity index (χ3v) is 5.76. The predicted octanol–water partition coefficient (Wildman–Crippen LogP) is 1.20. The fraction of sp³-hybridized carbons (Fsp3) is 0.526. The van der Waals surface area contributed by atoms with Crippen LogP contribution in [0.2, 0.25) is 0 Å². The number of carbonyl (C=O) groups is 2. The fourth-order valence-electron chi connectivity index (χ4n) is 4.33. The lowest BCUT2D eigenvalue weighted by molar-refractivity contribution is -0.156. The summed E-state index contributed by atoms with van der Waals surface area (Å²) in [5, 5.41) is 15.0. The molecule has 1 aromatic heterocycles. The van der Waals surface area contributed by atoms with Crippen molar-refractivity contribution in [1.82, 2.24) is 15.0 Å². The molecule has 1 unspecified atom stereocenters. The number of fused-ring (bicyclic) bond motifs is 1. The van der Waals surface area contributed by atoms with E-state index in [4.69, 9.17) is 4.52 Å². The second kappa shape index (κ2) is 6.39. The summed E-state index contributed by atoms with van der Waals surface area (Å²) >= 11 is 0. The first-order valence-electron chi connectivity index (χ1n) is 9.03. The van der Waals surface area contributed by atoms with Crippen molar-refractivity contribution in [3.05, 3.63) is 30.0 Å². The molecule has 1 atom stereocenters. The maximum atomic E-state index is 12.7. The number of aliphatic hydroxyl groups excluding tert-OH is 1. The van der Waals surface area contributed by atoms with Crippen molar-refractivity contribution < 1.29 is 19.2 Å². The van der Waals surface area contributed by atoms with Crippen LogP contribution in [0.5, 0.6) is 0 Å². The highest BCUT2D eigenvalue weighted by atomic mass is 16.5. The van der Waals surface area contributed by atoms with Crippen molar-refractivity contribution in [2.75, 3.05) is 26.7 Å². The number of piperidine rings is 2. The molecule has 2 amide bonds. The van der Waals surface area contributed by atoms with E-state index in [1.54, 1.807) is 16.8 Å². The molecule has 1 N–H and O–H groups in total. The number of hydrogen-bond donors (Lipinski definition) is 1. The number of para-hydroxylation sites is 1. The molecule has 2 aromatic rings. The molecule has 0 bridgehead atoms. The smallest absolute Gasteiger partial charge is 0.228 e. The number of aliphatic hydroxyl groups is 1. The topological polar surface area (TPSA) is 86.9 Å². The molecule has 2 aliphatic rings. The van der Waals surface area contributed by atoms with Gasteiger partial charge in [0, 0.05) is 32.1 Å². The molecule has 7 nitrogen and oxygen atoms in total. The number of amides is 2. The van der Waals surface area contributed by atoms with Gasteiger partial charge in [-0.05, 0) is 31.4 Å². The zero-order valence-corrected chi connectivity index (χ0v) is 14.9. The van der Waals surface area contributed by atoms with Crippen LogP contribution in [0.3, 0.4) is 0 Å². The number of rotatable bonds is 2. The zero-order valence-electron chi connectivity index (χ0n) is 14.9. The van der Waals surface area contributed by atoms with Crippen molar-refractivity contribution in [3.63, 3.8) is 0 Å². The second-order valence-electron chi connectivity index (χ2n) is 7.51. The average molecular weight is 357 g/mol. The summed E-state index contributed by atoms with van der Waals surface area (Å²) in [4.78, 5) is 28.7. The minimum absolute atomic E-state index is 0.00364. The number of aromatic nitrogens is 1. The van der Waals surface area contributed by atoms with Crippen LogP contribution in [-0.4, -0.2) is 64.7 Å². The molecular weight excluding hydrogens is 334 g/mol. The number of carbonyl (C=O) groups excluding carboxylic acids is 2. The summed E-state index contributed by atoms with van der Waals surface area (Å²) in [6.07, 6.45) is 1.39. The van der Waals surface area contributed by atoms with E-state index in [-0.39, 0.29) is 18.2 Å².